The van der Waals surface area contributed by atoms with Gasteiger partial charge in [0.15, 0.2) is 0 Å². The van der Waals surface area contributed by atoms with Crippen LogP contribution in [-0.2, 0) is 25.1 Å². The summed E-state index contributed by atoms with van der Waals surface area (Å²) in [5.74, 6) is 0.339. The highest BCUT2D eigenvalue weighted by molar-refractivity contribution is 8.33. The van der Waals surface area contributed by atoms with Crippen molar-refractivity contribution in [2.24, 2.45) is 0 Å². The van der Waals surface area contributed by atoms with E-state index in [1.54, 1.807) is 0 Å². The summed E-state index contributed by atoms with van der Waals surface area (Å²) in [5, 5.41) is 0. The third kappa shape index (κ3) is 4.33. The molecule has 72 valence electrons. The molecule has 0 bridgehead atoms. The molecule has 0 radical (unpaired) electrons. The van der Waals surface area contributed by atoms with E-state index in [2.05, 4.69) is 0 Å². The lowest BCUT2D eigenvalue weighted by molar-refractivity contribution is 0.450. The van der Waals surface area contributed by atoms with Crippen LogP contribution in [0, 0.1) is 6.92 Å². The number of aryl methyl sites for hydroxylation is 1. The van der Waals surface area contributed by atoms with Crippen LogP contribution >= 0.6 is 0 Å². The van der Waals surface area contributed by atoms with Crippen molar-refractivity contribution in [3.63, 3.8) is 0 Å². The van der Waals surface area contributed by atoms with Crippen molar-refractivity contribution in [3.05, 3.63) is 35.4 Å². The molecule has 1 rings (SSSR count). The maximum atomic E-state index is 10.5. The zero-order valence-electron chi connectivity index (χ0n) is 7.14. The average Bonchev–Trinajstić information content (AvgIpc) is 2.02. The van der Waals surface area contributed by atoms with Crippen LogP contribution in [0.4, 0.5) is 0 Å². The predicted molar refractivity (Wildman–Crippen MR) is 55.6 cm³/mol. The van der Waals surface area contributed by atoms with Crippen molar-refractivity contribution in [3.8, 4) is 0 Å². The Morgan fingerprint density at radius 2 is 1.85 bits per heavy atom. The Labute approximate surface area is 81.1 Å². The maximum absolute atomic E-state index is 10.5. The van der Waals surface area contributed by atoms with E-state index in [-0.39, 0.29) is 0 Å². The van der Waals surface area contributed by atoms with Gasteiger partial charge in [-0.25, -0.2) is 0 Å². The number of benzene rings is 1. The van der Waals surface area contributed by atoms with Crippen LogP contribution in [0.3, 0.4) is 0 Å². The number of hydrogen-bond acceptors (Lipinski definition) is 1. The third-order valence-electron chi connectivity index (χ3n) is 1.50. The second-order valence-electron chi connectivity index (χ2n) is 2.70. The smallest absolute Gasteiger partial charge is 0.251 e. The van der Waals surface area contributed by atoms with Crippen molar-refractivity contribution in [1.29, 1.82) is 0 Å². The topological polar surface area (TPSA) is 57.5 Å². The van der Waals surface area contributed by atoms with E-state index in [0.717, 1.165) is 11.1 Å². The van der Waals surface area contributed by atoms with Gasteiger partial charge in [0.2, 0.25) is 5.75 Å². The van der Waals surface area contributed by atoms with Gasteiger partial charge >= 0.3 is 9.05 Å². The summed E-state index contributed by atoms with van der Waals surface area (Å²) >= 11 is 0. The van der Waals surface area contributed by atoms with Gasteiger partial charge in [-0.3, -0.25) is 9.11 Å². The standard InChI is InChI=1S/C8H10O3S2/c1-7-2-4-8(5-3-7)6-12-13(9,10)11/h2-5H,6H2,1H3,(H-,9,10,11)/p+1. The van der Waals surface area contributed by atoms with E-state index in [1.165, 1.54) is 0 Å². The minimum atomic E-state index is -3.67. The van der Waals surface area contributed by atoms with Crippen LogP contribution < -0.4 is 0 Å². The SMILES string of the molecule is Cc1ccc(C[S+]=S(=O)(O)O)cc1. The Balaban J connectivity index is 2.77. The summed E-state index contributed by atoms with van der Waals surface area (Å²) in [6.07, 6.45) is 0. The zero-order valence-corrected chi connectivity index (χ0v) is 8.77. The molecule has 0 saturated carbocycles. The van der Waals surface area contributed by atoms with Gasteiger partial charge in [-0.1, -0.05) is 29.8 Å². The number of rotatable bonds is 2. The molecule has 0 fully saturated rings. The van der Waals surface area contributed by atoms with Gasteiger partial charge in [0.25, 0.3) is 10.3 Å². The van der Waals surface area contributed by atoms with Gasteiger partial charge in [-0.05, 0) is 6.92 Å². The second-order valence-corrected chi connectivity index (χ2v) is 6.13. The number of hydrogen-bond donors (Lipinski definition) is 2. The lowest BCUT2D eigenvalue weighted by Gasteiger charge is -1.91. The van der Waals surface area contributed by atoms with Crippen LogP contribution in [0.5, 0.6) is 0 Å². The molecule has 1 aromatic carbocycles. The maximum Gasteiger partial charge on any atom is 0.430 e. The molecule has 0 atom stereocenters. The summed E-state index contributed by atoms with van der Waals surface area (Å²) in [4.78, 5) is 0. The lowest BCUT2D eigenvalue weighted by atomic mass is 10.2. The van der Waals surface area contributed by atoms with Gasteiger partial charge in [0.05, 0.1) is 0 Å². The van der Waals surface area contributed by atoms with Crippen molar-refractivity contribution < 1.29 is 13.3 Å². The fourth-order valence-corrected chi connectivity index (χ4v) is 2.18. The van der Waals surface area contributed by atoms with Gasteiger partial charge in [0.1, 0.15) is 0 Å². The van der Waals surface area contributed by atoms with Crippen molar-refractivity contribution in [1.82, 2.24) is 0 Å². The first-order chi connectivity index (χ1) is 5.97. The minimum Gasteiger partial charge on any atom is -0.251 e. The van der Waals surface area contributed by atoms with Crippen molar-refractivity contribution in [2.75, 3.05) is 0 Å². The van der Waals surface area contributed by atoms with Crippen LogP contribution in [0.1, 0.15) is 11.1 Å². The molecule has 2 N–H and O–H groups in total. The fraction of sp³-hybridized carbons (Fsp3) is 0.250. The molecule has 0 saturated heterocycles. The lowest BCUT2D eigenvalue weighted by Crippen LogP contribution is -1.96. The van der Waals surface area contributed by atoms with E-state index in [1.807, 2.05) is 31.2 Å². The fourth-order valence-electron chi connectivity index (χ4n) is 0.829. The third-order valence-corrected chi connectivity index (χ3v) is 3.53. The first-order valence-electron chi connectivity index (χ1n) is 3.66. The van der Waals surface area contributed by atoms with E-state index in [9.17, 15) is 4.21 Å². The molecule has 5 heteroatoms. The highest BCUT2D eigenvalue weighted by Gasteiger charge is 2.09. The summed E-state index contributed by atoms with van der Waals surface area (Å²) < 4.78 is 27.7. The van der Waals surface area contributed by atoms with Crippen molar-refractivity contribution >= 4 is 19.4 Å². The normalized spacial score (nSPS) is 11.3. The zero-order chi connectivity index (χ0) is 9.90. The molecule has 3 nitrogen and oxygen atoms in total. The molecular formula is C8H11O3S2+. The second kappa shape index (κ2) is 4.15. The monoisotopic (exact) mass is 219 g/mol. The molecule has 13 heavy (non-hydrogen) atoms. The van der Waals surface area contributed by atoms with Gasteiger partial charge in [-0.2, -0.15) is 4.21 Å². The van der Waals surface area contributed by atoms with Gasteiger partial charge < -0.3 is 0 Å². The predicted octanol–water partition coefficient (Wildman–Crippen LogP) is 1.72. The van der Waals surface area contributed by atoms with Crippen LogP contribution in [0.2, 0.25) is 0 Å². The van der Waals surface area contributed by atoms with Gasteiger partial charge in [-0.15, -0.1) is 0 Å². The Hall–Kier alpha value is -0.490. The minimum absolute atomic E-state index is 0.339. The largest absolute Gasteiger partial charge is 0.430 e. The van der Waals surface area contributed by atoms with Crippen LogP contribution in [-0.4, -0.2) is 13.3 Å². The van der Waals surface area contributed by atoms with E-state index in [0.29, 0.717) is 16.1 Å². The average molecular weight is 219 g/mol. The molecule has 0 aromatic heterocycles. The highest BCUT2D eigenvalue weighted by Crippen LogP contribution is 2.03. The molecular weight excluding hydrogens is 208 g/mol. The van der Waals surface area contributed by atoms with Crippen LogP contribution in [0.25, 0.3) is 0 Å². The molecule has 0 heterocycles. The quantitative estimate of drug-likeness (QED) is 0.745. The highest BCUT2D eigenvalue weighted by atomic mass is 32.9. The van der Waals surface area contributed by atoms with E-state index >= 15 is 0 Å². The first kappa shape index (κ1) is 10.6. The molecule has 0 spiro atoms. The Kier molecular flexibility index (Phi) is 3.38. The Morgan fingerprint density at radius 1 is 1.31 bits per heavy atom. The molecule has 0 aliphatic heterocycles. The molecule has 0 aliphatic rings. The first-order valence-corrected chi connectivity index (χ1v) is 6.64. The molecule has 0 aliphatic carbocycles. The molecule has 1 aromatic rings. The van der Waals surface area contributed by atoms with Crippen molar-refractivity contribution in [2.45, 2.75) is 12.7 Å². The van der Waals surface area contributed by atoms with Gasteiger partial charge in [0, 0.05) is 5.56 Å². The molecule has 0 amide bonds. The van der Waals surface area contributed by atoms with E-state index in [4.69, 9.17) is 9.11 Å². The summed E-state index contributed by atoms with van der Waals surface area (Å²) in [5.41, 5.74) is 2.06. The Bertz CT molecular complexity index is 380. The van der Waals surface area contributed by atoms with Crippen LogP contribution in [0.15, 0.2) is 24.3 Å². The summed E-state index contributed by atoms with van der Waals surface area (Å²) in [7, 11) is -3.03. The summed E-state index contributed by atoms with van der Waals surface area (Å²) in [6.45, 7) is 1.97. The summed E-state index contributed by atoms with van der Waals surface area (Å²) in [6, 6.07) is 7.58. The van der Waals surface area contributed by atoms with E-state index < -0.39 is 9.05 Å². The molecule has 0 unspecified atom stereocenters. The Morgan fingerprint density at radius 3 is 2.31 bits per heavy atom.